The van der Waals surface area contributed by atoms with Crippen molar-refractivity contribution in [3.8, 4) is 0 Å². The molecule has 0 saturated carbocycles. The van der Waals surface area contributed by atoms with Gasteiger partial charge < -0.3 is 5.32 Å². The lowest BCUT2D eigenvalue weighted by Gasteiger charge is -1.95. The van der Waals surface area contributed by atoms with Crippen LogP contribution in [-0.4, -0.2) is 11.5 Å². The molecule has 1 aromatic heterocycles. The van der Waals surface area contributed by atoms with Gasteiger partial charge in [0, 0.05) is 18.5 Å². The summed E-state index contributed by atoms with van der Waals surface area (Å²) >= 11 is 1.69. The molecule has 0 aromatic carbocycles. The number of nitrogens with one attached hydrogen (secondary N) is 1. The summed E-state index contributed by atoms with van der Waals surface area (Å²) in [5.74, 6) is 0. The molecule has 11 heavy (non-hydrogen) atoms. The first-order valence-corrected chi connectivity index (χ1v) is 4.43. The summed E-state index contributed by atoms with van der Waals surface area (Å²) in [5, 5.41) is 6.39. The van der Waals surface area contributed by atoms with Gasteiger partial charge >= 0.3 is 0 Å². The van der Waals surface area contributed by atoms with Gasteiger partial charge in [0.2, 0.25) is 0 Å². The Bertz CT molecular complexity index is 230. The van der Waals surface area contributed by atoms with E-state index in [0.717, 1.165) is 23.8 Å². The fraction of sp³-hybridized carbons (Fsp3) is 0.375. The summed E-state index contributed by atoms with van der Waals surface area (Å²) in [6.45, 7) is 7.32. The molecule has 1 N–H and O–H groups in total. The summed E-state index contributed by atoms with van der Waals surface area (Å²) in [6.07, 6.45) is 1.85. The molecule has 60 valence electrons. The molecule has 2 nitrogen and oxygen atoms in total. The molecular formula is C8H12N2S. The Hall–Kier alpha value is -0.670. The molecule has 1 rings (SSSR count). The zero-order chi connectivity index (χ0) is 8.10. The third-order valence-electron chi connectivity index (χ3n) is 1.26. The number of aromatic nitrogens is 1. The summed E-state index contributed by atoms with van der Waals surface area (Å²) in [5.41, 5.74) is 1.12. The van der Waals surface area contributed by atoms with Crippen LogP contribution < -0.4 is 5.32 Å². The molecule has 0 fully saturated rings. The Labute approximate surface area is 71.0 Å². The highest BCUT2D eigenvalue weighted by Crippen LogP contribution is 2.06. The van der Waals surface area contributed by atoms with E-state index in [2.05, 4.69) is 22.3 Å². The second-order valence-electron chi connectivity index (χ2n) is 2.28. The number of hydrogen-bond donors (Lipinski definition) is 1. The van der Waals surface area contributed by atoms with Crippen LogP contribution in [0, 0.1) is 6.92 Å². The zero-order valence-electron chi connectivity index (χ0n) is 6.63. The van der Waals surface area contributed by atoms with Crippen molar-refractivity contribution in [2.45, 2.75) is 13.5 Å². The molecule has 0 bridgehead atoms. The van der Waals surface area contributed by atoms with Crippen molar-refractivity contribution in [1.82, 2.24) is 10.3 Å². The lowest BCUT2D eigenvalue weighted by Crippen LogP contribution is -2.12. The minimum atomic E-state index is 0.844. The van der Waals surface area contributed by atoms with E-state index in [-0.39, 0.29) is 0 Å². The molecule has 0 aliphatic heterocycles. The fourth-order valence-electron chi connectivity index (χ4n) is 0.792. The molecule has 0 aliphatic rings. The van der Waals surface area contributed by atoms with Crippen molar-refractivity contribution in [3.05, 3.63) is 28.7 Å². The van der Waals surface area contributed by atoms with E-state index in [9.17, 15) is 0 Å². The van der Waals surface area contributed by atoms with Gasteiger partial charge in [-0.15, -0.1) is 17.9 Å². The first-order chi connectivity index (χ1) is 5.33. The van der Waals surface area contributed by atoms with Crippen LogP contribution in [0.1, 0.15) is 10.7 Å². The summed E-state index contributed by atoms with van der Waals surface area (Å²) in [4.78, 5) is 4.30. The normalized spacial score (nSPS) is 9.91. The number of aryl methyl sites for hydroxylation is 1. The van der Waals surface area contributed by atoms with Gasteiger partial charge in [-0.1, -0.05) is 6.08 Å². The Morgan fingerprint density at radius 2 is 2.64 bits per heavy atom. The van der Waals surface area contributed by atoms with Crippen molar-refractivity contribution in [3.63, 3.8) is 0 Å². The summed E-state index contributed by atoms with van der Waals surface area (Å²) < 4.78 is 0. The Morgan fingerprint density at radius 1 is 1.82 bits per heavy atom. The van der Waals surface area contributed by atoms with Gasteiger partial charge in [0.15, 0.2) is 0 Å². The van der Waals surface area contributed by atoms with E-state index >= 15 is 0 Å². The molecule has 1 aromatic rings. The minimum absolute atomic E-state index is 0.844. The van der Waals surface area contributed by atoms with Crippen LogP contribution in [0.2, 0.25) is 0 Å². The predicted octanol–water partition coefficient (Wildman–Crippen LogP) is 1.73. The van der Waals surface area contributed by atoms with Gasteiger partial charge in [0.05, 0.1) is 10.7 Å². The molecule has 0 unspecified atom stereocenters. The lowest BCUT2D eigenvalue weighted by atomic mass is 10.5. The molecule has 1 heterocycles. The van der Waals surface area contributed by atoms with Gasteiger partial charge in [-0.3, -0.25) is 0 Å². The minimum Gasteiger partial charge on any atom is -0.308 e. The molecule has 0 amide bonds. The highest BCUT2D eigenvalue weighted by Gasteiger charge is 1.94. The van der Waals surface area contributed by atoms with Crippen molar-refractivity contribution in [1.29, 1.82) is 0 Å². The molecule has 0 aliphatic carbocycles. The number of rotatable bonds is 4. The third kappa shape index (κ3) is 2.82. The SMILES string of the molecule is C=CCNCc1csc(C)n1. The van der Waals surface area contributed by atoms with Gasteiger partial charge in [-0.05, 0) is 6.92 Å². The quantitative estimate of drug-likeness (QED) is 0.547. The summed E-state index contributed by atoms with van der Waals surface area (Å²) in [7, 11) is 0. The first kappa shape index (κ1) is 8.43. The monoisotopic (exact) mass is 168 g/mol. The first-order valence-electron chi connectivity index (χ1n) is 3.55. The maximum absolute atomic E-state index is 4.30. The van der Waals surface area contributed by atoms with E-state index in [1.54, 1.807) is 11.3 Å². The molecule has 0 spiro atoms. The number of nitrogens with zero attached hydrogens (tertiary/aromatic N) is 1. The lowest BCUT2D eigenvalue weighted by molar-refractivity contribution is 0.744. The molecule has 0 saturated heterocycles. The average molecular weight is 168 g/mol. The second-order valence-corrected chi connectivity index (χ2v) is 3.34. The Kier molecular flexibility index (Phi) is 3.26. The van der Waals surface area contributed by atoms with Gasteiger partial charge in [-0.25, -0.2) is 4.98 Å². The largest absolute Gasteiger partial charge is 0.308 e. The number of hydrogen-bond acceptors (Lipinski definition) is 3. The van der Waals surface area contributed by atoms with E-state index in [0.29, 0.717) is 0 Å². The van der Waals surface area contributed by atoms with Crippen LogP contribution in [0.4, 0.5) is 0 Å². The highest BCUT2D eigenvalue weighted by atomic mass is 32.1. The van der Waals surface area contributed by atoms with Gasteiger partial charge in [0.1, 0.15) is 0 Å². The third-order valence-corrected chi connectivity index (χ3v) is 2.08. The van der Waals surface area contributed by atoms with Crippen molar-refractivity contribution >= 4 is 11.3 Å². The molecular weight excluding hydrogens is 156 g/mol. The topological polar surface area (TPSA) is 24.9 Å². The molecule has 3 heteroatoms. The van der Waals surface area contributed by atoms with E-state index in [4.69, 9.17) is 0 Å². The van der Waals surface area contributed by atoms with Crippen LogP contribution in [0.15, 0.2) is 18.0 Å². The second kappa shape index (κ2) is 4.26. The standard InChI is InChI=1S/C8H12N2S/c1-3-4-9-5-8-6-11-7(2)10-8/h3,6,9H,1,4-5H2,2H3. The van der Waals surface area contributed by atoms with Crippen molar-refractivity contribution in [2.24, 2.45) is 0 Å². The van der Waals surface area contributed by atoms with E-state index in [1.165, 1.54) is 0 Å². The van der Waals surface area contributed by atoms with Crippen LogP contribution in [0.25, 0.3) is 0 Å². The number of thiazole rings is 1. The average Bonchev–Trinajstić information content (AvgIpc) is 2.37. The maximum atomic E-state index is 4.30. The zero-order valence-corrected chi connectivity index (χ0v) is 7.45. The van der Waals surface area contributed by atoms with Crippen LogP contribution >= 0.6 is 11.3 Å². The van der Waals surface area contributed by atoms with Crippen LogP contribution in [0.5, 0.6) is 0 Å². The van der Waals surface area contributed by atoms with Crippen molar-refractivity contribution in [2.75, 3.05) is 6.54 Å². The van der Waals surface area contributed by atoms with Gasteiger partial charge in [0.25, 0.3) is 0 Å². The predicted molar refractivity (Wildman–Crippen MR) is 48.8 cm³/mol. The van der Waals surface area contributed by atoms with E-state index in [1.807, 2.05) is 13.0 Å². The maximum Gasteiger partial charge on any atom is 0.0897 e. The highest BCUT2D eigenvalue weighted by molar-refractivity contribution is 7.09. The van der Waals surface area contributed by atoms with Crippen LogP contribution in [-0.2, 0) is 6.54 Å². The Balaban J connectivity index is 2.32. The molecule has 0 atom stereocenters. The van der Waals surface area contributed by atoms with Crippen molar-refractivity contribution < 1.29 is 0 Å². The molecule has 0 radical (unpaired) electrons. The summed E-state index contributed by atoms with van der Waals surface area (Å²) in [6, 6.07) is 0. The van der Waals surface area contributed by atoms with E-state index < -0.39 is 0 Å². The fourth-order valence-corrected chi connectivity index (χ4v) is 1.40. The van der Waals surface area contributed by atoms with Crippen LogP contribution in [0.3, 0.4) is 0 Å². The van der Waals surface area contributed by atoms with Gasteiger partial charge in [-0.2, -0.15) is 0 Å². The Morgan fingerprint density at radius 3 is 3.18 bits per heavy atom. The smallest absolute Gasteiger partial charge is 0.0897 e.